The van der Waals surface area contributed by atoms with Gasteiger partial charge in [0.15, 0.2) is 0 Å². The summed E-state index contributed by atoms with van der Waals surface area (Å²) in [6.07, 6.45) is 3.83. The Morgan fingerprint density at radius 1 is 1.62 bits per heavy atom. The highest BCUT2D eigenvalue weighted by molar-refractivity contribution is 9.10. The van der Waals surface area contributed by atoms with Crippen molar-refractivity contribution < 1.29 is 0 Å². The molecule has 2 aromatic rings. The number of halogens is 1. The maximum atomic E-state index is 4.18. The van der Waals surface area contributed by atoms with E-state index in [1.54, 1.807) is 11.3 Å². The Bertz CT molecular complexity index is 367. The lowest BCUT2D eigenvalue weighted by atomic mass is 10.4. The maximum absolute atomic E-state index is 4.18. The lowest BCUT2D eigenvalue weighted by Gasteiger charge is -2.02. The Morgan fingerprint density at radius 2 is 2.46 bits per heavy atom. The molecule has 0 unspecified atom stereocenters. The van der Waals surface area contributed by atoms with Crippen LogP contribution in [0, 0.1) is 6.92 Å². The molecule has 2 rings (SSSR count). The molecule has 0 saturated carbocycles. The van der Waals surface area contributed by atoms with E-state index in [1.165, 1.54) is 9.35 Å². The van der Waals surface area contributed by atoms with Crippen molar-refractivity contribution in [1.82, 2.24) is 9.55 Å². The van der Waals surface area contributed by atoms with E-state index in [9.17, 15) is 0 Å². The van der Waals surface area contributed by atoms with E-state index in [4.69, 9.17) is 0 Å². The molecule has 2 heterocycles. The summed E-state index contributed by atoms with van der Waals surface area (Å²) >= 11 is 5.27. The summed E-state index contributed by atoms with van der Waals surface area (Å²) in [5.41, 5.74) is 0. The first kappa shape index (κ1) is 8.97. The first-order valence-corrected chi connectivity index (χ1v) is 5.64. The van der Waals surface area contributed by atoms with Gasteiger partial charge in [-0.25, -0.2) is 4.98 Å². The molecule has 0 spiro atoms. The van der Waals surface area contributed by atoms with Crippen LogP contribution >= 0.6 is 27.3 Å². The van der Waals surface area contributed by atoms with Crippen LogP contribution in [0.15, 0.2) is 28.3 Å². The standard InChI is InChI=1S/C9H9BrN2S/c1-7-11-3-4-12(7)6-9-8(10)2-5-13-9/h2-5H,6H2,1H3. The van der Waals surface area contributed by atoms with Gasteiger partial charge in [-0.2, -0.15) is 0 Å². The monoisotopic (exact) mass is 256 g/mol. The molecular weight excluding hydrogens is 248 g/mol. The van der Waals surface area contributed by atoms with E-state index in [0.29, 0.717) is 0 Å². The molecule has 0 aliphatic heterocycles. The second kappa shape index (κ2) is 3.64. The number of aryl methyl sites for hydroxylation is 1. The van der Waals surface area contributed by atoms with Crippen LogP contribution in [-0.2, 0) is 6.54 Å². The zero-order valence-corrected chi connectivity index (χ0v) is 9.60. The van der Waals surface area contributed by atoms with Crippen molar-refractivity contribution in [3.05, 3.63) is 39.0 Å². The predicted molar refractivity (Wildman–Crippen MR) is 58.1 cm³/mol. The Labute approximate surface area is 89.4 Å². The van der Waals surface area contributed by atoms with Gasteiger partial charge >= 0.3 is 0 Å². The largest absolute Gasteiger partial charge is 0.330 e. The van der Waals surface area contributed by atoms with Gasteiger partial charge in [0.25, 0.3) is 0 Å². The molecule has 2 nitrogen and oxygen atoms in total. The Morgan fingerprint density at radius 3 is 3.00 bits per heavy atom. The fraction of sp³-hybridized carbons (Fsp3) is 0.222. The van der Waals surface area contributed by atoms with Crippen molar-refractivity contribution in [1.29, 1.82) is 0 Å². The van der Waals surface area contributed by atoms with Gasteiger partial charge in [-0.05, 0) is 34.3 Å². The van der Waals surface area contributed by atoms with E-state index in [0.717, 1.165) is 12.4 Å². The minimum atomic E-state index is 0.907. The van der Waals surface area contributed by atoms with E-state index >= 15 is 0 Å². The lowest BCUT2D eigenvalue weighted by molar-refractivity contribution is 0.770. The third-order valence-corrected chi connectivity index (χ3v) is 3.84. The summed E-state index contributed by atoms with van der Waals surface area (Å²) in [6.45, 7) is 2.92. The Balaban J connectivity index is 2.24. The van der Waals surface area contributed by atoms with E-state index in [-0.39, 0.29) is 0 Å². The first-order valence-electron chi connectivity index (χ1n) is 3.97. The molecule has 0 radical (unpaired) electrons. The van der Waals surface area contributed by atoms with Crippen LogP contribution in [-0.4, -0.2) is 9.55 Å². The molecule has 4 heteroatoms. The molecule has 0 bridgehead atoms. The second-order valence-electron chi connectivity index (χ2n) is 2.79. The van der Waals surface area contributed by atoms with Gasteiger partial charge in [-0.3, -0.25) is 0 Å². The van der Waals surface area contributed by atoms with Crippen LogP contribution < -0.4 is 0 Å². The highest BCUT2D eigenvalue weighted by Gasteiger charge is 2.03. The van der Waals surface area contributed by atoms with Gasteiger partial charge in [-0.15, -0.1) is 11.3 Å². The zero-order valence-electron chi connectivity index (χ0n) is 7.20. The van der Waals surface area contributed by atoms with Gasteiger partial charge in [0.2, 0.25) is 0 Å². The Kier molecular flexibility index (Phi) is 2.51. The fourth-order valence-electron chi connectivity index (χ4n) is 1.16. The third-order valence-electron chi connectivity index (χ3n) is 1.93. The van der Waals surface area contributed by atoms with E-state index in [1.807, 2.05) is 19.3 Å². The van der Waals surface area contributed by atoms with Crippen molar-refractivity contribution in [3.8, 4) is 0 Å². The Hall–Kier alpha value is -0.610. The first-order chi connectivity index (χ1) is 6.27. The molecular formula is C9H9BrN2S. The topological polar surface area (TPSA) is 17.8 Å². The predicted octanol–water partition coefficient (Wildman–Crippen LogP) is 3.06. The van der Waals surface area contributed by atoms with Crippen LogP contribution in [0.5, 0.6) is 0 Å². The molecule has 2 aromatic heterocycles. The summed E-state index contributed by atoms with van der Waals surface area (Å²) in [6, 6.07) is 2.08. The van der Waals surface area contributed by atoms with Crippen LogP contribution in [0.4, 0.5) is 0 Å². The summed E-state index contributed by atoms with van der Waals surface area (Å²) in [4.78, 5) is 5.51. The number of hydrogen-bond acceptors (Lipinski definition) is 2. The van der Waals surface area contributed by atoms with Crippen LogP contribution in [0.25, 0.3) is 0 Å². The summed E-state index contributed by atoms with van der Waals surface area (Å²) in [5, 5.41) is 2.09. The van der Waals surface area contributed by atoms with Gasteiger partial charge in [0.05, 0.1) is 6.54 Å². The number of aromatic nitrogens is 2. The minimum absolute atomic E-state index is 0.907. The number of nitrogens with zero attached hydrogens (tertiary/aromatic N) is 2. The average molecular weight is 257 g/mol. The minimum Gasteiger partial charge on any atom is -0.330 e. The smallest absolute Gasteiger partial charge is 0.105 e. The molecule has 0 aromatic carbocycles. The highest BCUT2D eigenvalue weighted by Crippen LogP contribution is 2.23. The molecule has 13 heavy (non-hydrogen) atoms. The molecule has 68 valence electrons. The highest BCUT2D eigenvalue weighted by atomic mass is 79.9. The van der Waals surface area contributed by atoms with Crippen LogP contribution in [0.1, 0.15) is 10.7 Å². The van der Waals surface area contributed by atoms with Crippen LogP contribution in [0.2, 0.25) is 0 Å². The van der Waals surface area contributed by atoms with Crippen molar-refractivity contribution >= 4 is 27.3 Å². The van der Waals surface area contributed by atoms with Gasteiger partial charge < -0.3 is 4.57 Å². The van der Waals surface area contributed by atoms with Crippen molar-refractivity contribution in [2.24, 2.45) is 0 Å². The molecule has 0 saturated heterocycles. The van der Waals surface area contributed by atoms with Gasteiger partial charge in [0.1, 0.15) is 5.82 Å². The molecule has 0 N–H and O–H groups in total. The molecule has 0 amide bonds. The van der Waals surface area contributed by atoms with Gasteiger partial charge in [-0.1, -0.05) is 0 Å². The number of hydrogen-bond donors (Lipinski definition) is 0. The SMILES string of the molecule is Cc1nccn1Cc1sccc1Br. The molecule has 0 aliphatic carbocycles. The zero-order chi connectivity index (χ0) is 9.26. The number of thiophene rings is 1. The van der Waals surface area contributed by atoms with E-state index < -0.39 is 0 Å². The van der Waals surface area contributed by atoms with E-state index in [2.05, 4.69) is 36.9 Å². The molecule has 0 aliphatic rings. The molecule has 0 fully saturated rings. The summed E-state index contributed by atoms with van der Waals surface area (Å²) in [5.74, 6) is 1.06. The van der Waals surface area contributed by atoms with Crippen LogP contribution in [0.3, 0.4) is 0 Å². The van der Waals surface area contributed by atoms with Crippen molar-refractivity contribution in [3.63, 3.8) is 0 Å². The van der Waals surface area contributed by atoms with Crippen molar-refractivity contribution in [2.75, 3.05) is 0 Å². The lowest BCUT2D eigenvalue weighted by Crippen LogP contribution is -1.99. The average Bonchev–Trinajstić information content (AvgIpc) is 2.65. The fourth-order valence-corrected chi connectivity index (χ4v) is 2.64. The quantitative estimate of drug-likeness (QED) is 0.808. The summed E-state index contributed by atoms with van der Waals surface area (Å²) in [7, 11) is 0. The number of rotatable bonds is 2. The summed E-state index contributed by atoms with van der Waals surface area (Å²) < 4.78 is 3.32. The molecule has 0 atom stereocenters. The normalized spacial score (nSPS) is 10.6. The van der Waals surface area contributed by atoms with Gasteiger partial charge in [0, 0.05) is 21.7 Å². The third kappa shape index (κ3) is 1.84. The maximum Gasteiger partial charge on any atom is 0.105 e. The number of imidazole rings is 1. The second-order valence-corrected chi connectivity index (χ2v) is 4.65. The van der Waals surface area contributed by atoms with Crippen molar-refractivity contribution in [2.45, 2.75) is 13.5 Å².